The van der Waals surface area contributed by atoms with E-state index in [-0.39, 0.29) is 11.7 Å². The van der Waals surface area contributed by atoms with Crippen LogP contribution in [0.3, 0.4) is 0 Å². The van der Waals surface area contributed by atoms with Gasteiger partial charge in [0.2, 0.25) is 5.91 Å². The second kappa shape index (κ2) is 10.5. The molecule has 2 saturated heterocycles. The Kier molecular flexibility index (Phi) is 7.45. The standard InChI is InChI=1S/C25H31ClN4O2/c1-20(31)22-4-8-24(9-5-22)29-14-10-28(11-15-29)19-25(32)30-16-12-27(13-17-30)18-21-2-6-23(26)7-3-21/h2-9H,10-19H2,1H3. The highest BCUT2D eigenvalue weighted by Crippen LogP contribution is 2.18. The van der Waals surface area contributed by atoms with Crippen molar-refractivity contribution in [3.05, 3.63) is 64.7 Å². The van der Waals surface area contributed by atoms with Crippen LogP contribution in [0.1, 0.15) is 22.8 Å². The maximum absolute atomic E-state index is 12.8. The normalized spacial score (nSPS) is 18.1. The zero-order chi connectivity index (χ0) is 22.5. The number of ketones is 1. The number of hydrogen-bond donors (Lipinski definition) is 0. The minimum Gasteiger partial charge on any atom is -0.369 e. The molecule has 2 heterocycles. The van der Waals surface area contributed by atoms with Gasteiger partial charge in [-0.2, -0.15) is 0 Å². The Morgan fingerprint density at radius 1 is 0.781 bits per heavy atom. The maximum atomic E-state index is 12.8. The van der Waals surface area contributed by atoms with Crippen LogP contribution in [-0.4, -0.2) is 85.3 Å². The van der Waals surface area contributed by atoms with E-state index in [4.69, 9.17) is 11.6 Å². The molecule has 0 aliphatic carbocycles. The predicted molar refractivity (Wildman–Crippen MR) is 128 cm³/mol. The molecule has 0 aromatic heterocycles. The van der Waals surface area contributed by atoms with Gasteiger partial charge in [0.25, 0.3) is 0 Å². The molecule has 7 heteroatoms. The molecule has 0 spiro atoms. The highest BCUT2D eigenvalue weighted by Gasteiger charge is 2.25. The van der Waals surface area contributed by atoms with Crippen LogP contribution in [0.5, 0.6) is 0 Å². The van der Waals surface area contributed by atoms with Crippen LogP contribution in [0.15, 0.2) is 48.5 Å². The highest BCUT2D eigenvalue weighted by molar-refractivity contribution is 6.30. The Labute approximate surface area is 195 Å². The Balaban J connectivity index is 1.19. The van der Waals surface area contributed by atoms with Gasteiger partial charge in [-0.05, 0) is 48.9 Å². The Morgan fingerprint density at radius 2 is 1.38 bits per heavy atom. The van der Waals surface area contributed by atoms with Crippen LogP contribution in [0.2, 0.25) is 5.02 Å². The van der Waals surface area contributed by atoms with Crippen molar-refractivity contribution in [2.45, 2.75) is 13.5 Å². The van der Waals surface area contributed by atoms with Crippen molar-refractivity contribution in [1.29, 1.82) is 0 Å². The molecule has 0 radical (unpaired) electrons. The SMILES string of the molecule is CC(=O)c1ccc(N2CCN(CC(=O)N3CCN(Cc4ccc(Cl)cc4)CC3)CC2)cc1. The first kappa shape index (κ1) is 22.8. The second-order valence-corrected chi connectivity index (χ2v) is 9.09. The number of amides is 1. The summed E-state index contributed by atoms with van der Waals surface area (Å²) in [6, 6.07) is 15.8. The number of halogens is 1. The van der Waals surface area contributed by atoms with E-state index in [1.807, 2.05) is 41.3 Å². The molecule has 1 amide bonds. The lowest BCUT2D eigenvalue weighted by molar-refractivity contribution is -0.134. The van der Waals surface area contributed by atoms with E-state index in [0.29, 0.717) is 6.54 Å². The fraction of sp³-hybridized carbons (Fsp3) is 0.440. The summed E-state index contributed by atoms with van der Waals surface area (Å²) in [5.41, 5.74) is 3.13. The minimum atomic E-state index is 0.0886. The van der Waals surface area contributed by atoms with Crippen LogP contribution in [-0.2, 0) is 11.3 Å². The van der Waals surface area contributed by atoms with Gasteiger partial charge < -0.3 is 9.80 Å². The zero-order valence-electron chi connectivity index (χ0n) is 18.7. The summed E-state index contributed by atoms with van der Waals surface area (Å²) in [6.45, 7) is 9.88. The zero-order valence-corrected chi connectivity index (χ0v) is 19.4. The van der Waals surface area contributed by atoms with Crippen LogP contribution in [0.25, 0.3) is 0 Å². The van der Waals surface area contributed by atoms with Gasteiger partial charge in [-0.3, -0.25) is 19.4 Å². The first-order valence-electron chi connectivity index (χ1n) is 11.3. The summed E-state index contributed by atoms with van der Waals surface area (Å²) < 4.78 is 0. The number of Topliss-reactive ketones (excluding diaryl/α,β-unsaturated/α-hetero) is 1. The van der Waals surface area contributed by atoms with Gasteiger partial charge in [-0.1, -0.05) is 23.7 Å². The number of hydrogen-bond acceptors (Lipinski definition) is 5. The van der Waals surface area contributed by atoms with Crippen molar-refractivity contribution in [2.75, 3.05) is 63.8 Å². The van der Waals surface area contributed by atoms with Crippen molar-refractivity contribution in [3.8, 4) is 0 Å². The van der Waals surface area contributed by atoms with E-state index in [2.05, 4.69) is 26.8 Å². The van der Waals surface area contributed by atoms with E-state index in [9.17, 15) is 9.59 Å². The molecule has 2 fully saturated rings. The van der Waals surface area contributed by atoms with Gasteiger partial charge in [0.05, 0.1) is 6.54 Å². The highest BCUT2D eigenvalue weighted by atomic mass is 35.5. The Morgan fingerprint density at radius 3 is 1.97 bits per heavy atom. The third-order valence-corrected chi connectivity index (χ3v) is 6.67. The number of benzene rings is 2. The summed E-state index contributed by atoms with van der Waals surface area (Å²) in [7, 11) is 0. The van der Waals surface area contributed by atoms with Gasteiger partial charge in [0.15, 0.2) is 5.78 Å². The lowest BCUT2D eigenvalue weighted by Gasteiger charge is -2.38. The molecule has 4 rings (SSSR count). The van der Waals surface area contributed by atoms with Crippen LogP contribution < -0.4 is 4.90 Å². The van der Waals surface area contributed by atoms with E-state index >= 15 is 0 Å². The van der Waals surface area contributed by atoms with Crippen LogP contribution in [0, 0.1) is 0 Å². The molecule has 2 aliphatic rings. The molecule has 0 bridgehead atoms. The largest absolute Gasteiger partial charge is 0.369 e. The lowest BCUT2D eigenvalue weighted by atomic mass is 10.1. The monoisotopic (exact) mass is 454 g/mol. The molecular weight excluding hydrogens is 424 g/mol. The summed E-state index contributed by atoms with van der Waals surface area (Å²) in [5.74, 6) is 0.320. The number of rotatable bonds is 6. The maximum Gasteiger partial charge on any atom is 0.236 e. The van der Waals surface area contributed by atoms with Gasteiger partial charge in [0.1, 0.15) is 0 Å². The Bertz CT molecular complexity index is 916. The van der Waals surface area contributed by atoms with Gasteiger partial charge in [-0.15, -0.1) is 0 Å². The topological polar surface area (TPSA) is 47.1 Å². The predicted octanol–water partition coefficient (Wildman–Crippen LogP) is 3.01. The summed E-state index contributed by atoms with van der Waals surface area (Å²) in [4.78, 5) is 33.3. The first-order valence-corrected chi connectivity index (χ1v) is 11.7. The van der Waals surface area contributed by atoms with Gasteiger partial charge in [0, 0.05) is 75.2 Å². The smallest absolute Gasteiger partial charge is 0.236 e. The quantitative estimate of drug-likeness (QED) is 0.628. The number of nitrogens with zero attached hydrogens (tertiary/aromatic N) is 4. The fourth-order valence-electron chi connectivity index (χ4n) is 4.37. The second-order valence-electron chi connectivity index (χ2n) is 8.65. The third kappa shape index (κ3) is 5.88. The van der Waals surface area contributed by atoms with Crippen molar-refractivity contribution in [2.24, 2.45) is 0 Å². The molecular formula is C25H31ClN4O2. The lowest BCUT2D eigenvalue weighted by Crippen LogP contribution is -2.53. The van der Waals surface area contributed by atoms with Gasteiger partial charge in [-0.25, -0.2) is 0 Å². The summed E-state index contributed by atoms with van der Waals surface area (Å²) in [6.07, 6.45) is 0. The van der Waals surface area contributed by atoms with Crippen LogP contribution in [0.4, 0.5) is 5.69 Å². The molecule has 0 unspecified atom stereocenters. The number of piperazine rings is 2. The van der Waals surface area contributed by atoms with Crippen molar-refractivity contribution in [1.82, 2.24) is 14.7 Å². The van der Waals surface area contributed by atoms with Gasteiger partial charge >= 0.3 is 0 Å². The minimum absolute atomic E-state index is 0.0886. The summed E-state index contributed by atoms with van der Waals surface area (Å²) in [5, 5.41) is 0.760. The average molecular weight is 455 g/mol. The number of anilines is 1. The first-order chi connectivity index (χ1) is 15.5. The molecule has 0 saturated carbocycles. The van der Waals surface area contributed by atoms with E-state index in [0.717, 1.165) is 75.2 Å². The Hall–Kier alpha value is -2.41. The molecule has 6 nitrogen and oxygen atoms in total. The molecule has 2 aliphatic heterocycles. The van der Waals surface area contributed by atoms with Crippen molar-refractivity contribution in [3.63, 3.8) is 0 Å². The molecule has 170 valence electrons. The van der Waals surface area contributed by atoms with E-state index in [1.165, 1.54) is 5.56 Å². The summed E-state index contributed by atoms with van der Waals surface area (Å²) >= 11 is 5.97. The molecule has 0 N–H and O–H groups in total. The van der Waals surface area contributed by atoms with Crippen LogP contribution >= 0.6 is 11.6 Å². The molecule has 2 aromatic carbocycles. The average Bonchev–Trinajstić information content (AvgIpc) is 2.81. The van der Waals surface area contributed by atoms with E-state index in [1.54, 1.807) is 6.92 Å². The van der Waals surface area contributed by atoms with E-state index < -0.39 is 0 Å². The molecule has 32 heavy (non-hydrogen) atoms. The number of carbonyl (C=O) groups is 2. The molecule has 0 atom stereocenters. The fourth-order valence-corrected chi connectivity index (χ4v) is 4.49. The third-order valence-electron chi connectivity index (χ3n) is 6.41. The van der Waals surface area contributed by atoms with Crippen molar-refractivity contribution >= 4 is 29.0 Å². The van der Waals surface area contributed by atoms with Crippen molar-refractivity contribution < 1.29 is 9.59 Å². The molecule has 2 aromatic rings. The number of carbonyl (C=O) groups excluding carboxylic acids is 2.